The van der Waals surface area contributed by atoms with Gasteiger partial charge in [-0.15, -0.1) is 0 Å². The monoisotopic (exact) mass is 369 g/mol. The molecule has 4 rings (SSSR count). The lowest BCUT2D eigenvalue weighted by molar-refractivity contribution is -0.119. The van der Waals surface area contributed by atoms with Crippen LogP contribution in [0.25, 0.3) is 10.9 Å². The van der Waals surface area contributed by atoms with Gasteiger partial charge >= 0.3 is 6.03 Å². The van der Waals surface area contributed by atoms with E-state index in [0.717, 1.165) is 22.0 Å². The van der Waals surface area contributed by atoms with Crippen molar-refractivity contribution in [2.75, 3.05) is 6.54 Å². The van der Waals surface area contributed by atoms with E-state index in [4.69, 9.17) is 17.3 Å². The van der Waals surface area contributed by atoms with Gasteiger partial charge in [-0.05, 0) is 29.3 Å². The summed E-state index contributed by atoms with van der Waals surface area (Å²) in [7, 11) is 0. The molecule has 2 atom stereocenters. The Balaban J connectivity index is 1.80. The minimum absolute atomic E-state index is 0.197. The van der Waals surface area contributed by atoms with Crippen molar-refractivity contribution >= 4 is 34.4 Å². The van der Waals surface area contributed by atoms with Gasteiger partial charge in [0.1, 0.15) is 6.04 Å². The predicted octanol–water partition coefficient (Wildman–Crippen LogP) is 2.18. The van der Waals surface area contributed by atoms with Crippen molar-refractivity contribution < 1.29 is 9.59 Å². The largest absolute Gasteiger partial charge is 0.368 e. The van der Waals surface area contributed by atoms with Crippen LogP contribution in [0.1, 0.15) is 17.2 Å². The molecule has 0 spiro atoms. The topological polar surface area (TPSA) is 104 Å². The number of benzene rings is 2. The van der Waals surface area contributed by atoms with E-state index < -0.39 is 11.9 Å². The van der Waals surface area contributed by atoms with E-state index in [9.17, 15) is 9.59 Å². The van der Waals surface area contributed by atoms with Crippen LogP contribution in [0, 0.1) is 0 Å². The molecule has 1 fully saturated rings. The summed E-state index contributed by atoms with van der Waals surface area (Å²) in [6.07, 6.45) is 1.74. The summed E-state index contributed by atoms with van der Waals surface area (Å²) in [5.41, 5.74) is 8.01. The molecule has 1 aromatic heterocycles. The zero-order chi connectivity index (χ0) is 18.3. The predicted molar refractivity (Wildman–Crippen MR) is 97.6 cm³/mol. The highest BCUT2D eigenvalue weighted by Crippen LogP contribution is 2.32. The van der Waals surface area contributed by atoms with E-state index in [1.807, 2.05) is 30.3 Å². The Kier molecular flexibility index (Phi) is 4.00. The first-order valence-corrected chi connectivity index (χ1v) is 8.45. The number of H-pyrrole nitrogens is 1. The number of urea groups is 1. The van der Waals surface area contributed by atoms with Crippen LogP contribution in [0.3, 0.4) is 0 Å². The summed E-state index contributed by atoms with van der Waals surface area (Å²) in [5, 5.41) is 11.2. The number of rotatable bonds is 4. The third kappa shape index (κ3) is 2.86. The smallest absolute Gasteiger partial charge is 0.318 e. The lowest BCUT2D eigenvalue weighted by Gasteiger charge is -2.28. The van der Waals surface area contributed by atoms with Crippen LogP contribution < -0.4 is 11.1 Å². The Morgan fingerprint density at radius 2 is 1.96 bits per heavy atom. The summed E-state index contributed by atoms with van der Waals surface area (Å²) in [6.45, 7) is 0.197. The number of carbonyl (C=O) groups is 2. The maximum absolute atomic E-state index is 12.5. The minimum atomic E-state index is -0.715. The average molecular weight is 370 g/mol. The molecule has 0 saturated carbocycles. The molecular formula is C18H16ClN5O2. The first-order valence-electron chi connectivity index (χ1n) is 8.08. The number of nitrogens with zero attached hydrogens (tertiary/aromatic N) is 2. The van der Waals surface area contributed by atoms with Gasteiger partial charge in [-0.1, -0.05) is 35.9 Å². The van der Waals surface area contributed by atoms with Crippen molar-refractivity contribution in [1.82, 2.24) is 20.4 Å². The van der Waals surface area contributed by atoms with Gasteiger partial charge < -0.3 is 16.0 Å². The third-order valence-electron chi connectivity index (χ3n) is 4.56. The number of aromatic amines is 1. The van der Waals surface area contributed by atoms with Crippen LogP contribution in [0.15, 0.2) is 48.7 Å². The number of primary amides is 1. The Bertz CT molecular complexity index is 985. The second-order valence-corrected chi connectivity index (χ2v) is 6.66. The molecule has 7 nitrogen and oxygen atoms in total. The molecule has 0 radical (unpaired) electrons. The second kappa shape index (κ2) is 6.34. The first-order chi connectivity index (χ1) is 12.5. The molecule has 0 bridgehead atoms. The van der Waals surface area contributed by atoms with Crippen LogP contribution in [0.2, 0.25) is 5.02 Å². The van der Waals surface area contributed by atoms with Gasteiger partial charge in [0, 0.05) is 10.4 Å². The number of amides is 3. The number of aromatic nitrogens is 2. The van der Waals surface area contributed by atoms with Crippen molar-refractivity contribution in [3.63, 3.8) is 0 Å². The molecule has 8 heteroatoms. The Hall–Kier alpha value is -3.06. The number of fused-ring (bicyclic) bond motifs is 1. The molecule has 1 aliphatic heterocycles. The van der Waals surface area contributed by atoms with E-state index in [2.05, 4.69) is 15.5 Å². The molecule has 1 unspecified atom stereocenters. The average Bonchev–Trinajstić information content (AvgIpc) is 3.23. The van der Waals surface area contributed by atoms with Crippen molar-refractivity contribution in [3.05, 3.63) is 64.8 Å². The van der Waals surface area contributed by atoms with Crippen LogP contribution in [0.4, 0.5) is 4.79 Å². The Morgan fingerprint density at radius 1 is 1.23 bits per heavy atom. The maximum Gasteiger partial charge on any atom is 0.318 e. The van der Waals surface area contributed by atoms with Crippen molar-refractivity contribution in [3.8, 4) is 0 Å². The van der Waals surface area contributed by atoms with E-state index in [1.54, 1.807) is 23.2 Å². The van der Waals surface area contributed by atoms with Crippen molar-refractivity contribution in [2.24, 2.45) is 5.73 Å². The molecule has 2 heterocycles. The fourth-order valence-corrected chi connectivity index (χ4v) is 3.39. The number of nitrogens with two attached hydrogens (primary N) is 1. The summed E-state index contributed by atoms with van der Waals surface area (Å²) >= 11 is 6.01. The highest BCUT2D eigenvalue weighted by Gasteiger charge is 2.37. The fraction of sp³-hybridized carbons (Fsp3) is 0.167. The summed E-state index contributed by atoms with van der Waals surface area (Å²) in [6, 6.07) is 11.7. The van der Waals surface area contributed by atoms with Crippen LogP contribution in [0.5, 0.6) is 0 Å². The molecule has 2 aromatic carbocycles. The van der Waals surface area contributed by atoms with Gasteiger partial charge in [0.05, 0.1) is 24.3 Å². The third-order valence-corrected chi connectivity index (χ3v) is 4.81. The highest BCUT2D eigenvalue weighted by atomic mass is 35.5. The van der Waals surface area contributed by atoms with Crippen molar-refractivity contribution in [1.29, 1.82) is 0 Å². The molecule has 1 saturated heterocycles. The molecule has 0 aliphatic carbocycles. The minimum Gasteiger partial charge on any atom is -0.368 e. The Labute approximate surface area is 154 Å². The molecule has 26 heavy (non-hydrogen) atoms. The Morgan fingerprint density at radius 3 is 2.65 bits per heavy atom. The zero-order valence-corrected chi connectivity index (χ0v) is 14.4. The second-order valence-electron chi connectivity index (χ2n) is 6.23. The standard InChI is InChI=1S/C18H16ClN5O2/c19-13-5-3-10(4-6-13)16(24-9-15(17(20)25)22-18(24)26)11-1-2-12-8-21-23-14(12)7-11/h1-8,15-16H,9H2,(H2,20,25)(H,21,23)(H,22,26)/t15?,16-/m1/s1. The maximum atomic E-state index is 12.5. The van der Waals surface area contributed by atoms with Crippen LogP contribution in [-0.2, 0) is 4.79 Å². The summed E-state index contributed by atoms with van der Waals surface area (Å²) in [4.78, 5) is 25.6. The summed E-state index contributed by atoms with van der Waals surface area (Å²) < 4.78 is 0. The number of hydrogen-bond acceptors (Lipinski definition) is 3. The van der Waals surface area contributed by atoms with Gasteiger partial charge in [0.15, 0.2) is 0 Å². The van der Waals surface area contributed by atoms with Gasteiger partial charge in [0.25, 0.3) is 0 Å². The number of nitrogens with one attached hydrogen (secondary N) is 2. The van der Waals surface area contributed by atoms with Crippen molar-refractivity contribution in [2.45, 2.75) is 12.1 Å². The SMILES string of the molecule is NC(=O)C1CN([C@H](c2ccc(Cl)cc2)c2ccc3cn[nH]c3c2)C(=O)N1. The molecule has 4 N–H and O–H groups in total. The number of halogens is 1. The molecule has 1 aliphatic rings. The van der Waals surface area contributed by atoms with Crippen LogP contribution in [-0.4, -0.2) is 39.6 Å². The normalized spacial score (nSPS) is 18.1. The number of hydrogen-bond donors (Lipinski definition) is 3. The van der Waals surface area contributed by atoms with E-state index >= 15 is 0 Å². The van der Waals surface area contributed by atoms with Crippen LogP contribution >= 0.6 is 11.6 Å². The van der Waals surface area contributed by atoms with E-state index in [0.29, 0.717) is 5.02 Å². The van der Waals surface area contributed by atoms with Gasteiger partial charge in [-0.25, -0.2) is 4.79 Å². The lowest BCUT2D eigenvalue weighted by atomic mass is 9.96. The first kappa shape index (κ1) is 16.4. The zero-order valence-electron chi connectivity index (χ0n) is 13.6. The van der Waals surface area contributed by atoms with Gasteiger partial charge in [-0.2, -0.15) is 5.10 Å². The fourth-order valence-electron chi connectivity index (χ4n) is 3.26. The lowest BCUT2D eigenvalue weighted by Crippen LogP contribution is -2.39. The van der Waals surface area contributed by atoms with Gasteiger partial charge in [0.2, 0.25) is 5.91 Å². The molecule has 132 valence electrons. The molecular weight excluding hydrogens is 354 g/mol. The molecule has 3 aromatic rings. The number of carbonyl (C=O) groups excluding carboxylic acids is 2. The quantitative estimate of drug-likeness (QED) is 0.656. The van der Waals surface area contributed by atoms with E-state index in [-0.39, 0.29) is 18.6 Å². The summed E-state index contributed by atoms with van der Waals surface area (Å²) in [5.74, 6) is -0.556. The van der Waals surface area contributed by atoms with E-state index in [1.165, 1.54) is 0 Å². The molecule has 3 amide bonds. The van der Waals surface area contributed by atoms with Gasteiger partial charge in [-0.3, -0.25) is 9.89 Å². The highest BCUT2D eigenvalue weighted by molar-refractivity contribution is 6.30.